The molecule has 6 nitrogen and oxygen atoms in total. The minimum Gasteiger partial charge on any atom is -0.372 e. The maximum atomic E-state index is 12.6. The number of sulfone groups is 1. The molecule has 1 unspecified atom stereocenters. The molecule has 3 rings (SSSR count). The maximum Gasteiger partial charge on any atom is 0.279 e. The summed E-state index contributed by atoms with van der Waals surface area (Å²) >= 11 is 1.67. The highest BCUT2D eigenvalue weighted by Gasteiger charge is 2.25. The number of anilines is 1. The summed E-state index contributed by atoms with van der Waals surface area (Å²) in [6.45, 7) is 2.55. The molecule has 1 saturated heterocycles. The summed E-state index contributed by atoms with van der Waals surface area (Å²) in [7, 11) is -3.41. The number of nitrogens with one attached hydrogen (secondary N) is 2. The fourth-order valence-corrected chi connectivity index (χ4v) is 4.93. The zero-order chi connectivity index (χ0) is 19.3. The van der Waals surface area contributed by atoms with Gasteiger partial charge in [-0.2, -0.15) is 0 Å². The number of carbonyl (C=O) groups is 1. The van der Waals surface area contributed by atoms with Gasteiger partial charge in [-0.3, -0.25) is 4.79 Å². The van der Waals surface area contributed by atoms with Gasteiger partial charge in [0.15, 0.2) is 16.4 Å². The van der Waals surface area contributed by atoms with E-state index in [1.54, 1.807) is 29.5 Å². The van der Waals surface area contributed by atoms with Crippen LogP contribution in [-0.4, -0.2) is 46.4 Å². The molecular weight excluding hydrogens is 384 g/mol. The minimum absolute atomic E-state index is 0.136. The Kier molecular flexibility index (Phi) is 6.64. The molecule has 1 aromatic heterocycles. The lowest BCUT2D eigenvalue weighted by Crippen LogP contribution is -3.12. The van der Waals surface area contributed by atoms with Gasteiger partial charge in [-0.25, -0.2) is 8.42 Å². The summed E-state index contributed by atoms with van der Waals surface area (Å²) in [5.74, 6) is -0.198. The first kappa shape index (κ1) is 20.0. The zero-order valence-corrected chi connectivity index (χ0v) is 16.9. The molecule has 2 heterocycles. The Hall–Kier alpha value is -1.74. The van der Waals surface area contributed by atoms with Crippen LogP contribution in [-0.2, 0) is 25.9 Å². The van der Waals surface area contributed by atoms with Gasteiger partial charge in [-0.1, -0.05) is 18.2 Å². The molecule has 2 atom stereocenters. The molecule has 8 heteroatoms. The van der Waals surface area contributed by atoms with Gasteiger partial charge in [0.05, 0.1) is 15.5 Å². The number of carbonyl (C=O) groups excluding carboxylic acids is 1. The summed E-state index contributed by atoms with van der Waals surface area (Å²) in [5, 5.41) is 4.80. The second kappa shape index (κ2) is 8.97. The predicted octanol–water partition coefficient (Wildman–Crippen LogP) is 1.35. The molecule has 1 aromatic carbocycles. The molecule has 2 N–H and O–H groups in total. The van der Waals surface area contributed by atoms with E-state index in [4.69, 9.17) is 4.74 Å². The van der Waals surface area contributed by atoms with Crippen LogP contribution in [0, 0.1) is 0 Å². The van der Waals surface area contributed by atoms with Crippen molar-refractivity contribution in [3.05, 3.63) is 46.7 Å². The van der Waals surface area contributed by atoms with Crippen LogP contribution in [0.2, 0.25) is 0 Å². The molecule has 0 radical (unpaired) electrons. The molecule has 1 amide bonds. The lowest BCUT2D eigenvalue weighted by atomic mass is 10.2. The molecule has 146 valence electrons. The average Bonchev–Trinajstić information content (AvgIpc) is 3.28. The molecule has 0 bridgehead atoms. The third-order valence-corrected chi connectivity index (χ3v) is 6.55. The molecule has 2 aromatic rings. The van der Waals surface area contributed by atoms with Crippen LogP contribution in [0.15, 0.2) is 46.7 Å². The largest absolute Gasteiger partial charge is 0.372 e. The number of benzene rings is 1. The fourth-order valence-electron chi connectivity index (χ4n) is 3.31. The number of quaternary nitrogens is 1. The van der Waals surface area contributed by atoms with Crippen molar-refractivity contribution in [1.29, 1.82) is 0 Å². The van der Waals surface area contributed by atoms with Crippen LogP contribution < -0.4 is 10.2 Å². The Bertz CT molecular complexity index is 860. The van der Waals surface area contributed by atoms with Crippen molar-refractivity contribution in [2.75, 3.05) is 31.3 Å². The Morgan fingerprint density at radius 2 is 2.11 bits per heavy atom. The number of amides is 1. The normalized spacial score (nSPS) is 18.3. The molecular formula is C19H25N2O4S2+. The molecule has 1 aliphatic heterocycles. The van der Waals surface area contributed by atoms with Gasteiger partial charge in [0.25, 0.3) is 5.91 Å². The number of rotatable bonds is 8. The van der Waals surface area contributed by atoms with Crippen LogP contribution in [0.25, 0.3) is 0 Å². The summed E-state index contributed by atoms with van der Waals surface area (Å²) in [5.41, 5.74) is 0.331. The van der Waals surface area contributed by atoms with E-state index in [0.717, 1.165) is 43.7 Å². The zero-order valence-electron chi connectivity index (χ0n) is 15.3. The molecule has 0 aliphatic carbocycles. The van der Waals surface area contributed by atoms with Crippen LogP contribution in [0.5, 0.6) is 0 Å². The van der Waals surface area contributed by atoms with Crippen LogP contribution >= 0.6 is 11.3 Å². The standard InChI is InChI=1S/C19H24N2O4S2/c1-27(23,24)18-9-3-2-8-17(18)20-19(22)14-21(12-15-6-4-10-25-15)13-16-7-5-11-26-16/h2-3,5,7-9,11,15H,4,6,10,12-14H2,1H3,(H,20,22)/p+1/t15-/m0/s1. The van der Waals surface area contributed by atoms with E-state index in [2.05, 4.69) is 11.4 Å². The van der Waals surface area contributed by atoms with E-state index in [1.807, 2.05) is 11.4 Å². The van der Waals surface area contributed by atoms with Crippen LogP contribution in [0.3, 0.4) is 0 Å². The van der Waals surface area contributed by atoms with Crippen molar-refractivity contribution in [2.45, 2.75) is 30.4 Å². The van der Waals surface area contributed by atoms with Gasteiger partial charge in [-0.15, -0.1) is 11.3 Å². The quantitative estimate of drug-likeness (QED) is 0.690. The first-order valence-corrected chi connectivity index (χ1v) is 11.8. The van der Waals surface area contributed by atoms with E-state index < -0.39 is 9.84 Å². The van der Waals surface area contributed by atoms with Crippen molar-refractivity contribution in [2.24, 2.45) is 0 Å². The SMILES string of the molecule is CS(=O)(=O)c1ccccc1NC(=O)C[NH+](Cc1cccs1)C[C@@H]1CCCO1. The van der Waals surface area contributed by atoms with Crippen molar-refractivity contribution in [3.63, 3.8) is 0 Å². The van der Waals surface area contributed by atoms with Crippen LogP contribution in [0.1, 0.15) is 17.7 Å². The molecule has 1 fully saturated rings. The van der Waals surface area contributed by atoms with Gasteiger partial charge in [-0.05, 0) is 36.4 Å². The topological polar surface area (TPSA) is 76.9 Å². The van der Waals surface area contributed by atoms with Gasteiger partial charge < -0.3 is 15.0 Å². The van der Waals surface area contributed by atoms with Gasteiger partial charge in [0.2, 0.25) is 0 Å². The monoisotopic (exact) mass is 409 g/mol. The highest BCUT2D eigenvalue weighted by atomic mass is 32.2. The molecule has 0 spiro atoms. The maximum absolute atomic E-state index is 12.6. The van der Waals surface area contributed by atoms with Crippen molar-refractivity contribution >= 4 is 32.8 Å². The molecule has 0 saturated carbocycles. The third kappa shape index (κ3) is 5.87. The lowest BCUT2D eigenvalue weighted by Gasteiger charge is -2.21. The van der Waals surface area contributed by atoms with Crippen molar-refractivity contribution < 1.29 is 22.8 Å². The van der Waals surface area contributed by atoms with Gasteiger partial charge in [0.1, 0.15) is 19.2 Å². The summed E-state index contributed by atoms with van der Waals surface area (Å²) in [6, 6.07) is 10.6. The smallest absolute Gasteiger partial charge is 0.279 e. The fraction of sp³-hybridized carbons (Fsp3) is 0.421. The third-order valence-electron chi connectivity index (χ3n) is 4.52. The van der Waals surface area contributed by atoms with Gasteiger partial charge in [0, 0.05) is 12.9 Å². The van der Waals surface area contributed by atoms with Crippen molar-refractivity contribution in [3.8, 4) is 0 Å². The Balaban J connectivity index is 1.68. The summed E-state index contributed by atoms with van der Waals surface area (Å²) < 4.78 is 29.6. The average molecular weight is 410 g/mol. The van der Waals surface area contributed by atoms with E-state index >= 15 is 0 Å². The first-order chi connectivity index (χ1) is 12.9. The Morgan fingerprint density at radius 1 is 1.30 bits per heavy atom. The minimum atomic E-state index is -3.41. The number of hydrogen-bond donors (Lipinski definition) is 2. The highest BCUT2D eigenvalue weighted by Crippen LogP contribution is 2.20. The summed E-state index contributed by atoms with van der Waals surface area (Å²) in [4.78, 5) is 15.1. The second-order valence-electron chi connectivity index (χ2n) is 6.84. The van der Waals surface area contributed by atoms with Crippen molar-refractivity contribution in [1.82, 2.24) is 0 Å². The molecule has 1 aliphatic rings. The number of thiophene rings is 1. The lowest BCUT2D eigenvalue weighted by molar-refractivity contribution is -0.908. The second-order valence-corrected chi connectivity index (χ2v) is 9.85. The van der Waals surface area contributed by atoms with Gasteiger partial charge >= 0.3 is 0 Å². The number of ether oxygens (including phenoxy) is 1. The predicted molar refractivity (Wildman–Crippen MR) is 106 cm³/mol. The van der Waals surface area contributed by atoms with E-state index in [0.29, 0.717) is 5.69 Å². The number of hydrogen-bond acceptors (Lipinski definition) is 5. The first-order valence-electron chi connectivity index (χ1n) is 8.98. The van der Waals surface area contributed by atoms with E-state index in [1.165, 1.54) is 10.9 Å². The highest BCUT2D eigenvalue weighted by molar-refractivity contribution is 7.90. The van der Waals surface area contributed by atoms with Crippen LogP contribution in [0.4, 0.5) is 5.69 Å². The van der Waals surface area contributed by atoms with E-state index in [-0.39, 0.29) is 23.5 Å². The Labute approximate surface area is 164 Å². The van der Waals surface area contributed by atoms with E-state index in [9.17, 15) is 13.2 Å². The molecule has 27 heavy (non-hydrogen) atoms. The number of para-hydroxylation sites is 1. The Morgan fingerprint density at radius 3 is 2.78 bits per heavy atom. The summed E-state index contributed by atoms with van der Waals surface area (Å²) in [6.07, 6.45) is 3.40.